The molecule has 2 unspecified atom stereocenters. The summed E-state index contributed by atoms with van der Waals surface area (Å²) in [5.74, 6) is 3.20. The highest BCUT2D eigenvalue weighted by atomic mass is 35.5. The SMILES string of the molecule is CCSC1CCCC1Nc1nc(C(C)C)nc(Cl)c1C. The van der Waals surface area contributed by atoms with E-state index in [1.165, 1.54) is 25.0 Å². The normalized spacial score (nSPS) is 22.5. The molecule has 2 atom stereocenters. The molecule has 0 aliphatic heterocycles. The number of nitrogens with zero attached hydrogens (tertiary/aromatic N) is 2. The van der Waals surface area contributed by atoms with E-state index in [1.807, 2.05) is 18.7 Å². The standard InChI is InChI=1S/C15H24ClN3S/c1-5-20-12-8-6-7-11(12)17-15-10(4)13(16)18-14(19-15)9(2)3/h9,11-12H,5-8H2,1-4H3,(H,17,18,19). The minimum atomic E-state index is 0.290. The van der Waals surface area contributed by atoms with Crippen LogP contribution in [0.15, 0.2) is 0 Å². The lowest BCUT2D eigenvalue weighted by Crippen LogP contribution is -2.27. The van der Waals surface area contributed by atoms with Crippen molar-refractivity contribution in [1.29, 1.82) is 0 Å². The fourth-order valence-corrected chi connectivity index (χ4v) is 3.96. The van der Waals surface area contributed by atoms with Crippen LogP contribution in [0.4, 0.5) is 5.82 Å². The van der Waals surface area contributed by atoms with E-state index in [4.69, 9.17) is 11.6 Å². The first-order valence-corrected chi connectivity index (χ1v) is 8.87. The molecule has 1 saturated carbocycles. The summed E-state index contributed by atoms with van der Waals surface area (Å²) in [4.78, 5) is 9.05. The fraction of sp³-hybridized carbons (Fsp3) is 0.733. The van der Waals surface area contributed by atoms with Crippen LogP contribution in [-0.2, 0) is 0 Å². The second kappa shape index (κ2) is 6.99. The zero-order valence-electron chi connectivity index (χ0n) is 12.7. The summed E-state index contributed by atoms with van der Waals surface area (Å²) in [5, 5.41) is 4.89. The Hall–Kier alpha value is -0.480. The average Bonchev–Trinajstić information content (AvgIpc) is 2.82. The molecule has 1 aliphatic carbocycles. The molecule has 1 aromatic rings. The van der Waals surface area contributed by atoms with Crippen LogP contribution < -0.4 is 5.32 Å². The van der Waals surface area contributed by atoms with E-state index in [2.05, 4.69) is 36.1 Å². The Bertz CT molecular complexity index is 465. The van der Waals surface area contributed by atoms with Gasteiger partial charge in [0.15, 0.2) is 0 Å². The molecule has 0 saturated heterocycles. The van der Waals surface area contributed by atoms with E-state index in [-0.39, 0.29) is 5.92 Å². The van der Waals surface area contributed by atoms with Crippen molar-refractivity contribution in [2.45, 2.75) is 64.2 Å². The number of rotatable bonds is 5. The van der Waals surface area contributed by atoms with Gasteiger partial charge in [-0.15, -0.1) is 0 Å². The molecular weight excluding hydrogens is 290 g/mol. The molecule has 1 aromatic heterocycles. The molecular formula is C15H24ClN3S. The van der Waals surface area contributed by atoms with Gasteiger partial charge in [0.2, 0.25) is 0 Å². The number of thioether (sulfide) groups is 1. The molecule has 0 amide bonds. The topological polar surface area (TPSA) is 37.8 Å². The Morgan fingerprint density at radius 2 is 2.10 bits per heavy atom. The van der Waals surface area contributed by atoms with Crippen LogP contribution in [0.1, 0.15) is 57.3 Å². The lowest BCUT2D eigenvalue weighted by molar-refractivity contribution is 0.739. The monoisotopic (exact) mass is 313 g/mol. The van der Waals surface area contributed by atoms with Gasteiger partial charge in [0.1, 0.15) is 16.8 Å². The molecule has 1 heterocycles. The predicted octanol–water partition coefficient (Wildman–Crippen LogP) is 4.65. The van der Waals surface area contributed by atoms with Gasteiger partial charge in [-0.05, 0) is 25.5 Å². The van der Waals surface area contributed by atoms with Gasteiger partial charge >= 0.3 is 0 Å². The number of hydrogen-bond donors (Lipinski definition) is 1. The van der Waals surface area contributed by atoms with Crippen LogP contribution in [-0.4, -0.2) is 27.0 Å². The highest BCUT2D eigenvalue weighted by Gasteiger charge is 2.28. The zero-order chi connectivity index (χ0) is 14.7. The average molecular weight is 314 g/mol. The van der Waals surface area contributed by atoms with Gasteiger partial charge in [0.25, 0.3) is 0 Å². The van der Waals surface area contributed by atoms with Gasteiger partial charge in [0, 0.05) is 22.8 Å². The maximum atomic E-state index is 6.25. The largest absolute Gasteiger partial charge is 0.366 e. The van der Waals surface area contributed by atoms with Crippen molar-refractivity contribution in [3.63, 3.8) is 0 Å². The van der Waals surface area contributed by atoms with Gasteiger partial charge in [-0.3, -0.25) is 0 Å². The molecule has 0 aromatic carbocycles. The van der Waals surface area contributed by atoms with E-state index in [0.717, 1.165) is 17.2 Å². The molecule has 0 bridgehead atoms. The maximum absolute atomic E-state index is 6.25. The highest BCUT2D eigenvalue weighted by molar-refractivity contribution is 7.99. The molecule has 1 fully saturated rings. The summed E-state index contributed by atoms with van der Waals surface area (Å²) < 4.78 is 0. The van der Waals surface area contributed by atoms with Gasteiger partial charge in [0.05, 0.1) is 0 Å². The van der Waals surface area contributed by atoms with Crippen molar-refractivity contribution < 1.29 is 0 Å². The van der Waals surface area contributed by atoms with E-state index in [9.17, 15) is 0 Å². The first-order valence-electron chi connectivity index (χ1n) is 7.45. The Balaban J connectivity index is 2.19. The van der Waals surface area contributed by atoms with Crippen LogP contribution in [0.3, 0.4) is 0 Å². The lowest BCUT2D eigenvalue weighted by Gasteiger charge is -2.22. The second-order valence-corrected chi connectivity index (χ2v) is 7.55. The van der Waals surface area contributed by atoms with Crippen molar-refractivity contribution in [2.75, 3.05) is 11.1 Å². The Morgan fingerprint density at radius 1 is 1.35 bits per heavy atom. The molecule has 5 heteroatoms. The quantitative estimate of drug-likeness (QED) is 0.803. The predicted molar refractivity (Wildman–Crippen MR) is 89.0 cm³/mol. The number of aromatic nitrogens is 2. The molecule has 1 aliphatic rings. The summed E-state index contributed by atoms with van der Waals surface area (Å²) >= 11 is 8.30. The number of anilines is 1. The molecule has 3 nitrogen and oxygen atoms in total. The minimum absolute atomic E-state index is 0.290. The van der Waals surface area contributed by atoms with E-state index in [1.54, 1.807) is 0 Å². The maximum Gasteiger partial charge on any atom is 0.137 e. The number of hydrogen-bond acceptors (Lipinski definition) is 4. The minimum Gasteiger partial charge on any atom is -0.366 e. The van der Waals surface area contributed by atoms with Crippen molar-refractivity contribution in [3.8, 4) is 0 Å². The van der Waals surface area contributed by atoms with E-state index < -0.39 is 0 Å². The van der Waals surface area contributed by atoms with Crippen molar-refractivity contribution in [3.05, 3.63) is 16.5 Å². The lowest BCUT2D eigenvalue weighted by atomic mass is 10.2. The van der Waals surface area contributed by atoms with E-state index in [0.29, 0.717) is 16.4 Å². The first kappa shape index (κ1) is 15.9. The third-order valence-corrected chi connectivity index (χ3v) is 5.47. The van der Waals surface area contributed by atoms with Gasteiger partial charge < -0.3 is 5.32 Å². The third-order valence-electron chi connectivity index (χ3n) is 3.78. The van der Waals surface area contributed by atoms with Crippen LogP contribution >= 0.6 is 23.4 Å². The zero-order valence-corrected chi connectivity index (χ0v) is 14.3. The van der Waals surface area contributed by atoms with Gasteiger partial charge in [-0.25, -0.2) is 9.97 Å². The Labute approximate surface area is 131 Å². The summed E-state index contributed by atoms with van der Waals surface area (Å²) in [5.41, 5.74) is 0.961. The Kier molecular flexibility index (Phi) is 5.56. The van der Waals surface area contributed by atoms with Crippen LogP contribution in [0.5, 0.6) is 0 Å². The summed E-state index contributed by atoms with van der Waals surface area (Å²) in [6.07, 6.45) is 3.81. The van der Waals surface area contributed by atoms with Gasteiger partial charge in [-0.1, -0.05) is 38.8 Å². The smallest absolute Gasteiger partial charge is 0.137 e. The molecule has 0 radical (unpaired) electrons. The third kappa shape index (κ3) is 3.59. The second-order valence-electron chi connectivity index (χ2n) is 5.68. The van der Waals surface area contributed by atoms with Crippen molar-refractivity contribution in [1.82, 2.24) is 9.97 Å². The summed E-state index contributed by atoms with van der Waals surface area (Å²) in [7, 11) is 0. The molecule has 2 rings (SSSR count). The molecule has 112 valence electrons. The van der Waals surface area contributed by atoms with Crippen LogP contribution in [0.25, 0.3) is 0 Å². The summed E-state index contributed by atoms with van der Waals surface area (Å²) in [6, 6.07) is 0.504. The fourth-order valence-electron chi connectivity index (χ4n) is 2.58. The highest BCUT2D eigenvalue weighted by Crippen LogP contribution is 2.33. The number of halogens is 1. The molecule has 20 heavy (non-hydrogen) atoms. The summed E-state index contributed by atoms with van der Waals surface area (Å²) in [6.45, 7) is 8.40. The van der Waals surface area contributed by atoms with E-state index >= 15 is 0 Å². The molecule has 1 N–H and O–H groups in total. The number of nitrogens with one attached hydrogen (secondary N) is 1. The molecule has 0 spiro atoms. The van der Waals surface area contributed by atoms with Crippen LogP contribution in [0.2, 0.25) is 5.15 Å². The van der Waals surface area contributed by atoms with Crippen LogP contribution in [0, 0.1) is 6.92 Å². The van der Waals surface area contributed by atoms with Crippen molar-refractivity contribution in [2.24, 2.45) is 0 Å². The first-order chi connectivity index (χ1) is 9.52. The Morgan fingerprint density at radius 3 is 2.75 bits per heavy atom. The van der Waals surface area contributed by atoms with Crippen molar-refractivity contribution >= 4 is 29.2 Å². The van der Waals surface area contributed by atoms with Gasteiger partial charge in [-0.2, -0.15) is 11.8 Å².